The lowest BCUT2D eigenvalue weighted by Crippen LogP contribution is -2.25. The van der Waals surface area contributed by atoms with Gasteiger partial charge in [0.25, 0.3) is 0 Å². The van der Waals surface area contributed by atoms with Crippen LogP contribution in [0.3, 0.4) is 0 Å². The van der Waals surface area contributed by atoms with E-state index < -0.39 is 11.6 Å². The second-order valence-corrected chi connectivity index (χ2v) is 5.59. The number of benzene rings is 1. The number of carbonyl (C=O) groups is 1. The summed E-state index contributed by atoms with van der Waals surface area (Å²) >= 11 is 0. The maximum Gasteiger partial charge on any atom is 0.305 e. The van der Waals surface area contributed by atoms with Gasteiger partial charge in [-0.15, -0.1) is 0 Å². The van der Waals surface area contributed by atoms with E-state index in [-0.39, 0.29) is 5.97 Å². The number of methoxy groups -OCH3 is 1. The summed E-state index contributed by atoms with van der Waals surface area (Å²) in [6, 6.07) is 3.71. The van der Waals surface area contributed by atoms with Crippen LogP contribution in [0.25, 0.3) is 0 Å². The van der Waals surface area contributed by atoms with E-state index in [0.717, 1.165) is 38.4 Å². The molecule has 0 unspecified atom stereocenters. The molecule has 0 aliphatic carbocycles. The van der Waals surface area contributed by atoms with Crippen LogP contribution in [0.5, 0.6) is 0 Å². The van der Waals surface area contributed by atoms with Gasteiger partial charge in [0.05, 0.1) is 7.11 Å². The number of likely N-dealkylation sites (tertiary alicyclic amines) is 1. The smallest absolute Gasteiger partial charge is 0.305 e. The highest BCUT2D eigenvalue weighted by Crippen LogP contribution is 2.22. The number of rotatable bonds is 4. The van der Waals surface area contributed by atoms with Gasteiger partial charge < -0.3 is 4.74 Å². The lowest BCUT2D eigenvalue weighted by atomic mass is 9.97. The Morgan fingerprint density at radius 3 is 2.86 bits per heavy atom. The van der Waals surface area contributed by atoms with Gasteiger partial charge in [-0.25, -0.2) is 8.78 Å². The van der Waals surface area contributed by atoms with Crippen LogP contribution in [0.2, 0.25) is 0 Å². The molecule has 21 heavy (non-hydrogen) atoms. The van der Waals surface area contributed by atoms with Crippen molar-refractivity contribution in [2.24, 2.45) is 5.92 Å². The summed E-state index contributed by atoms with van der Waals surface area (Å²) < 4.78 is 31.3. The summed E-state index contributed by atoms with van der Waals surface area (Å²) in [6.45, 7) is 2.17. The van der Waals surface area contributed by atoms with Gasteiger partial charge in [-0.2, -0.15) is 0 Å². The van der Waals surface area contributed by atoms with Gasteiger partial charge in [0.15, 0.2) is 0 Å². The molecule has 1 fully saturated rings. The lowest BCUT2D eigenvalue weighted by molar-refractivity contribution is -0.141. The highest BCUT2D eigenvalue weighted by Gasteiger charge is 2.20. The Balaban J connectivity index is 1.89. The fraction of sp³-hybridized carbons (Fsp3) is 0.562. The predicted octanol–water partition coefficient (Wildman–Crippen LogP) is 3.13. The van der Waals surface area contributed by atoms with Crippen molar-refractivity contribution >= 4 is 5.97 Å². The second-order valence-electron chi connectivity index (χ2n) is 5.59. The molecule has 0 N–H and O–H groups in total. The molecule has 0 bridgehead atoms. The van der Waals surface area contributed by atoms with Crippen LogP contribution in [0, 0.1) is 17.6 Å². The summed E-state index contributed by atoms with van der Waals surface area (Å²) in [4.78, 5) is 13.5. The number of nitrogens with zero attached hydrogens (tertiary/aromatic N) is 1. The average Bonchev–Trinajstić information content (AvgIpc) is 2.67. The average molecular weight is 297 g/mol. The van der Waals surface area contributed by atoms with Crippen LogP contribution in [-0.4, -0.2) is 31.1 Å². The number of carbonyl (C=O) groups excluding carboxylic acids is 1. The molecule has 1 aromatic carbocycles. The highest BCUT2D eigenvalue weighted by atomic mass is 19.1. The molecule has 1 atom stereocenters. The van der Waals surface area contributed by atoms with Crippen molar-refractivity contribution in [3.63, 3.8) is 0 Å². The predicted molar refractivity (Wildman–Crippen MR) is 75.6 cm³/mol. The molecule has 0 spiro atoms. The fourth-order valence-electron chi connectivity index (χ4n) is 2.80. The van der Waals surface area contributed by atoms with Gasteiger partial charge in [-0.3, -0.25) is 9.69 Å². The largest absolute Gasteiger partial charge is 0.469 e. The van der Waals surface area contributed by atoms with Gasteiger partial charge in [-0.05, 0) is 44.3 Å². The normalized spacial score (nSPS) is 20.0. The SMILES string of the molecule is COC(=O)C[C@@H]1CCCN(Cc2ccc(F)cc2F)CC1. The van der Waals surface area contributed by atoms with E-state index in [1.54, 1.807) is 0 Å². The maximum absolute atomic E-state index is 13.7. The number of esters is 1. The first kappa shape index (κ1) is 15.9. The summed E-state index contributed by atoms with van der Waals surface area (Å²) in [5.74, 6) is -0.880. The Hall–Kier alpha value is -1.49. The zero-order valence-corrected chi connectivity index (χ0v) is 12.3. The van der Waals surface area contributed by atoms with Crippen LogP contribution in [0.4, 0.5) is 8.78 Å². The molecule has 3 nitrogen and oxygen atoms in total. The molecule has 0 saturated carbocycles. The molecule has 1 aliphatic rings. The molecule has 0 radical (unpaired) electrons. The number of hydrogen-bond donors (Lipinski definition) is 0. The van der Waals surface area contributed by atoms with Crippen LogP contribution >= 0.6 is 0 Å². The molecule has 1 saturated heterocycles. The monoisotopic (exact) mass is 297 g/mol. The first-order valence-electron chi connectivity index (χ1n) is 7.31. The van der Waals surface area contributed by atoms with Crippen molar-refractivity contribution in [2.75, 3.05) is 20.2 Å². The lowest BCUT2D eigenvalue weighted by Gasteiger charge is -2.20. The van der Waals surface area contributed by atoms with Crippen LogP contribution in [0.15, 0.2) is 18.2 Å². The van der Waals surface area contributed by atoms with Gasteiger partial charge >= 0.3 is 5.97 Å². The second kappa shape index (κ2) is 7.50. The summed E-state index contributed by atoms with van der Waals surface area (Å²) in [7, 11) is 1.41. The van der Waals surface area contributed by atoms with Crippen molar-refractivity contribution < 1.29 is 18.3 Å². The van der Waals surface area contributed by atoms with Crippen LogP contribution in [0.1, 0.15) is 31.2 Å². The van der Waals surface area contributed by atoms with Crippen molar-refractivity contribution in [1.29, 1.82) is 0 Å². The minimum atomic E-state index is -0.551. The van der Waals surface area contributed by atoms with Crippen molar-refractivity contribution in [2.45, 2.75) is 32.2 Å². The Morgan fingerprint density at radius 1 is 1.33 bits per heavy atom. The fourth-order valence-corrected chi connectivity index (χ4v) is 2.80. The minimum Gasteiger partial charge on any atom is -0.469 e. The molecule has 5 heteroatoms. The maximum atomic E-state index is 13.7. The molecular weight excluding hydrogens is 276 g/mol. The summed E-state index contributed by atoms with van der Waals surface area (Å²) in [5, 5.41) is 0. The summed E-state index contributed by atoms with van der Waals surface area (Å²) in [6.07, 6.45) is 3.31. The number of ether oxygens (including phenoxy) is 1. The molecule has 0 amide bonds. The molecule has 116 valence electrons. The molecule has 2 rings (SSSR count). The zero-order chi connectivity index (χ0) is 15.2. The van der Waals surface area contributed by atoms with E-state index in [1.807, 2.05) is 0 Å². The van der Waals surface area contributed by atoms with Crippen LogP contribution < -0.4 is 0 Å². The van der Waals surface area contributed by atoms with E-state index >= 15 is 0 Å². The number of hydrogen-bond acceptors (Lipinski definition) is 3. The van der Waals surface area contributed by atoms with Gasteiger partial charge in [-0.1, -0.05) is 6.07 Å². The van der Waals surface area contributed by atoms with E-state index in [9.17, 15) is 13.6 Å². The van der Waals surface area contributed by atoms with E-state index in [0.29, 0.717) is 24.4 Å². The van der Waals surface area contributed by atoms with Gasteiger partial charge in [0.1, 0.15) is 11.6 Å². The van der Waals surface area contributed by atoms with Gasteiger partial charge in [0, 0.05) is 24.6 Å². The summed E-state index contributed by atoms with van der Waals surface area (Å²) in [5.41, 5.74) is 0.516. The standard InChI is InChI=1S/C16H21F2NO2/c1-21-16(20)9-12-3-2-7-19(8-6-12)11-13-4-5-14(17)10-15(13)18/h4-5,10,12H,2-3,6-9,11H2,1H3/t12-/m1/s1. The molecule has 1 aliphatic heterocycles. The molecule has 0 aromatic heterocycles. The minimum absolute atomic E-state index is 0.168. The van der Waals surface area contributed by atoms with Crippen molar-refractivity contribution in [1.82, 2.24) is 4.90 Å². The van der Waals surface area contributed by atoms with E-state index in [1.165, 1.54) is 19.2 Å². The van der Waals surface area contributed by atoms with Crippen molar-refractivity contribution in [3.8, 4) is 0 Å². The van der Waals surface area contributed by atoms with Crippen LogP contribution in [-0.2, 0) is 16.1 Å². The highest BCUT2D eigenvalue weighted by molar-refractivity contribution is 5.69. The topological polar surface area (TPSA) is 29.5 Å². The van der Waals surface area contributed by atoms with Gasteiger partial charge in [0.2, 0.25) is 0 Å². The van der Waals surface area contributed by atoms with Crippen molar-refractivity contribution in [3.05, 3.63) is 35.4 Å². The zero-order valence-electron chi connectivity index (χ0n) is 12.3. The van der Waals surface area contributed by atoms with E-state index in [2.05, 4.69) is 4.90 Å². The Morgan fingerprint density at radius 2 is 2.14 bits per heavy atom. The number of halogens is 2. The Labute approximate surface area is 123 Å². The molecular formula is C16H21F2NO2. The Bertz CT molecular complexity index is 493. The quantitative estimate of drug-likeness (QED) is 0.800. The Kier molecular flexibility index (Phi) is 5.67. The third-order valence-electron chi connectivity index (χ3n) is 4.03. The third kappa shape index (κ3) is 4.77. The first-order valence-corrected chi connectivity index (χ1v) is 7.31. The first-order chi connectivity index (χ1) is 10.1. The molecule has 1 aromatic rings. The van der Waals surface area contributed by atoms with E-state index in [4.69, 9.17) is 4.74 Å². The molecule has 1 heterocycles. The third-order valence-corrected chi connectivity index (χ3v) is 4.03.